The zero-order valence-corrected chi connectivity index (χ0v) is 29.8. The van der Waals surface area contributed by atoms with Crippen molar-refractivity contribution in [1.29, 1.82) is 0 Å². The molecule has 0 saturated heterocycles. The van der Waals surface area contributed by atoms with Crippen molar-refractivity contribution in [3.05, 3.63) is 30.0 Å². The van der Waals surface area contributed by atoms with E-state index in [9.17, 15) is 14.7 Å². The maximum atomic E-state index is 14.1. The van der Waals surface area contributed by atoms with E-state index < -0.39 is 16.6 Å². The van der Waals surface area contributed by atoms with Crippen molar-refractivity contribution in [2.45, 2.75) is 109 Å². The molecule has 2 aromatic rings. The smallest absolute Gasteiger partial charge is 0.312 e. The summed E-state index contributed by atoms with van der Waals surface area (Å²) in [6.07, 6.45) is 14.5. The van der Waals surface area contributed by atoms with Crippen LogP contribution >= 0.6 is 54.5 Å². The van der Waals surface area contributed by atoms with E-state index in [2.05, 4.69) is 43.8 Å². The lowest BCUT2D eigenvalue weighted by Crippen LogP contribution is -2.48. The maximum Gasteiger partial charge on any atom is 0.312 e. The fraction of sp³-hybridized carbons (Fsp3) is 0.750. The fourth-order valence-electron chi connectivity index (χ4n) is 8.09. The maximum absolute atomic E-state index is 14.1. The molecule has 2 aromatic heterocycles. The van der Waals surface area contributed by atoms with Gasteiger partial charge in [0.25, 0.3) is 0 Å². The van der Waals surface area contributed by atoms with E-state index in [0.717, 1.165) is 88.2 Å². The van der Waals surface area contributed by atoms with Gasteiger partial charge in [-0.05, 0) is 134 Å². The first-order chi connectivity index (χ1) is 20.7. The zero-order chi connectivity index (χ0) is 30.4. The summed E-state index contributed by atoms with van der Waals surface area (Å²) in [5, 5.41) is 13.7. The number of halogens is 2. The third-order valence-corrected chi connectivity index (χ3v) is 14.1. The molecule has 0 aliphatic heterocycles. The number of rotatable bonds is 11. The zero-order valence-electron chi connectivity index (χ0n) is 25.0. The predicted molar refractivity (Wildman–Crippen MR) is 174 cm³/mol. The van der Waals surface area contributed by atoms with Crippen LogP contribution < -0.4 is 0 Å². The molecular weight excluding hydrogens is 716 g/mol. The molecule has 6 rings (SSSR count). The van der Waals surface area contributed by atoms with E-state index in [1.807, 2.05) is 13.1 Å². The standard InChI is InChI=1S/C32H42Br2N2O5S2/c1-3-30(29(38)40-4-2)15-13-23(14-16-30)32(22-11-12-22,28-36-18-25(34)43-28)41-26(37)19-5-7-20(8-6-19)31(39,21-9-10-21)27-35-17-24(33)42-27/h17-23,39H,3-16H2,1-2H3. The summed E-state index contributed by atoms with van der Waals surface area (Å²) in [5.74, 6) is 0.291. The summed E-state index contributed by atoms with van der Waals surface area (Å²) in [5.41, 5.74) is -2.14. The average molecular weight is 759 g/mol. The first kappa shape index (κ1) is 32.1. The van der Waals surface area contributed by atoms with Crippen LogP contribution in [0.4, 0.5) is 0 Å². The first-order valence-electron chi connectivity index (χ1n) is 16.0. The number of hydrogen-bond acceptors (Lipinski definition) is 9. The van der Waals surface area contributed by atoms with E-state index >= 15 is 0 Å². The van der Waals surface area contributed by atoms with E-state index in [0.29, 0.717) is 19.4 Å². The molecule has 4 fully saturated rings. The van der Waals surface area contributed by atoms with Crippen LogP contribution in [0.1, 0.15) is 107 Å². The molecule has 11 heteroatoms. The van der Waals surface area contributed by atoms with Crippen LogP contribution in [0.25, 0.3) is 0 Å². The topological polar surface area (TPSA) is 98.6 Å². The van der Waals surface area contributed by atoms with Crippen molar-refractivity contribution in [1.82, 2.24) is 9.97 Å². The van der Waals surface area contributed by atoms with Gasteiger partial charge in [-0.1, -0.05) is 6.92 Å². The lowest BCUT2D eigenvalue weighted by Gasteiger charge is -2.46. The number of esters is 2. The Kier molecular flexibility index (Phi) is 9.49. The normalized spacial score (nSPS) is 30.7. The summed E-state index contributed by atoms with van der Waals surface area (Å²) < 4.78 is 14.2. The third-order valence-electron chi connectivity index (χ3n) is 10.9. The number of hydrogen-bond donors (Lipinski definition) is 1. The molecule has 4 aliphatic carbocycles. The van der Waals surface area contributed by atoms with E-state index in [-0.39, 0.29) is 41.5 Å². The average Bonchev–Trinajstić information content (AvgIpc) is 3.96. The van der Waals surface area contributed by atoms with Gasteiger partial charge in [0.15, 0.2) is 5.60 Å². The van der Waals surface area contributed by atoms with Gasteiger partial charge in [-0.3, -0.25) is 9.59 Å². The highest BCUT2D eigenvalue weighted by Crippen LogP contribution is 2.60. The second-order valence-corrected chi connectivity index (χ2v) is 18.0. The second-order valence-electron chi connectivity index (χ2n) is 13.2. The number of nitrogens with zero attached hydrogens (tertiary/aromatic N) is 2. The molecule has 43 heavy (non-hydrogen) atoms. The quantitative estimate of drug-likeness (QED) is 0.230. The highest BCUT2D eigenvalue weighted by molar-refractivity contribution is 9.11. The van der Waals surface area contributed by atoms with Gasteiger partial charge in [-0.2, -0.15) is 0 Å². The van der Waals surface area contributed by atoms with Crippen molar-refractivity contribution < 1.29 is 24.2 Å². The van der Waals surface area contributed by atoms with Crippen LogP contribution in [0, 0.1) is 35.0 Å². The third kappa shape index (κ3) is 6.03. The number of ether oxygens (including phenoxy) is 2. The van der Waals surface area contributed by atoms with Crippen LogP contribution in [-0.4, -0.2) is 33.6 Å². The minimum absolute atomic E-state index is 0.0880. The van der Waals surface area contributed by atoms with Gasteiger partial charge in [-0.15, -0.1) is 22.7 Å². The Hall–Kier alpha value is -0.880. The lowest BCUT2D eigenvalue weighted by atomic mass is 9.64. The molecule has 0 spiro atoms. The summed E-state index contributed by atoms with van der Waals surface area (Å²) in [7, 11) is 0. The van der Waals surface area contributed by atoms with E-state index in [1.54, 1.807) is 17.5 Å². The van der Waals surface area contributed by atoms with Crippen LogP contribution in [0.3, 0.4) is 0 Å². The molecule has 0 bridgehead atoms. The number of aromatic nitrogens is 2. The highest BCUT2D eigenvalue weighted by atomic mass is 79.9. The van der Waals surface area contributed by atoms with Gasteiger partial charge in [0.05, 0.1) is 37.9 Å². The van der Waals surface area contributed by atoms with Crippen LogP contribution in [0.15, 0.2) is 20.0 Å². The molecular formula is C32H42Br2N2O5S2. The predicted octanol–water partition coefficient (Wildman–Crippen LogP) is 8.53. The summed E-state index contributed by atoms with van der Waals surface area (Å²) in [6, 6.07) is 0. The number of thiazole rings is 2. The summed E-state index contributed by atoms with van der Waals surface area (Å²) in [4.78, 5) is 36.5. The van der Waals surface area contributed by atoms with Gasteiger partial charge < -0.3 is 14.6 Å². The Labute approximate surface area is 279 Å². The second kappa shape index (κ2) is 12.7. The fourth-order valence-corrected chi connectivity index (χ4v) is 11.0. The van der Waals surface area contributed by atoms with Crippen molar-refractivity contribution in [3.63, 3.8) is 0 Å². The van der Waals surface area contributed by atoms with Gasteiger partial charge >= 0.3 is 11.9 Å². The van der Waals surface area contributed by atoms with Gasteiger partial charge in [-0.25, -0.2) is 9.97 Å². The van der Waals surface area contributed by atoms with Gasteiger partial charge in [0.1, 0.15) is 15.6 Å². The summed E-state index contributed by atoms with van der Waals surface area (Å²) >= 11 is 10.2. The van der Waals surface area contributed by atoms with Crippen LogP contribution in [-0.2, 0) is 30.3 Å². The van der Waals surface area contributed by atoms with Crippen molar-refractivity contribution in [3.8, 4) is 0 Å². The monoisotopic (exact) mass is 756 g/mol. The lowest BCUT2D eigenvalue weighted by molar-refractivity contribution is -0.186. The van der Waals surface area contributed by atoms with Crippen LogP contribution in [0.2, 0.25) is 0 Å². The highest BCUT2D eigenvalue weighted by Gasteiger charge is 2.59. The molecule has 7 nitrogen and oxygen atoms in total. The molecule has 0 amide bonds. The van der Waals surface area contributed by atoms with Crippen molar-refractivity contribution >= 4 is 66.5 Å². The SMILES string of the molecule is CCOC(=O)C1(CC)CCC(C(OC(=O)C2CCC(C(O)(c3ncc(Br)s3)C3CC3)CC2)(c2ncc(Br)s2)C2CC2)CC1. The Balaban J connectivity index is 1.20. The number of carbonyl (C=O) groups is 2. The Morgan fingerprint density at radius 2 is 1.37 bits per heavy atom. The number of aliphatic hydroxyl groups is 1. The molecule has 4 aliphatic rings. The molecule has 1 N–H and O–H groups in total. The van der Waals surface area contributed by atoms with Crippen molar-refractivity contribution in [2.75, 3.05) is 6.61 Å². The molecule has 236 valence electrons. The van der Waals surface area contributed by atoms with E-state index in [4.69, 9.17) is 14.5 Å². The molecule has 2 heterocycles. The Morgan fingerprint density at radius 1 is 0.860 bits per heavy atom. The summed E-state index contributed by atoms with van der Waals surface area (Å²) in [6.45, 7) is 4.34. The van der Waals surface area contributed by atoms with Crippen LogP contribution in [0.5, 0.6) is 0 Å². The largest absolute Gasteiger partial charge is 0.466 e. The molecule has 0 aromatic carbocycles. The molecule has 0 radical (unpaired) electrons. The van der Waals surface area contributed by atoms with E-state index in [1.165, 1.54) is 11.3 Å². The van der Waals surface area contributed by atoms with Gasteiger partial charge in [0, 0.05) is 11.8 Å². The molecule has 4 saturated carbocycles. The first-order valence-corrected chi connectivity index (χ1v) is 19.2. The Bertz CT molecular complexity index is 1310. The molecule has 2 atom stereocenters. The Morgan fingerprint density at radius 3 is 1.84 bits per heavy atom. The minimum atomic E-state index is -0.913. The minimum Gasteiger partial charge on any atom is -0.466 e. The van der Waals surface area contributed by atoms with Gasteiger partial charge in [0.2, 0.25) is 0 Å². The molecule has 2 unspecified atom stereocenters. The number of carbonyl (C=O) groups excluding carboxylic acids is 2. The van der Waals surface area contributed by atoms with Crippen molar-refractivity contribution in [2.24, 2.45) is 35.0 Å².